The highest BCUT2D eigenvalue weighted by molar-refractivity contribution is 9.11. The predicted octanol–water partition coefficient (Wildman–Crippen LogP) is 2.75. The maximum Gasteiger partial charge on any atom is 0.322 e. The zero-order valence-corrected chi connectivity index (χ0v) is 14.9. The van der Waals surface area contributed by atoms with Gasteiger partial charge in [-0.3, -0.25) is 4.79 Å². The number of halogens is 1. The average Bonchev–Trinajstić information content (AvgIpc) is 2.94. The summed E-state index contributed by atoms with van der Waals surface area (Å²) in [6, 6.07) is 0.592. The highest BCUT2D eigenvalue weighted by Gasteiger charge is 2.46. The summed E-state index contributed by atoms with van der Waals surface area (Å²) in [6.45, 7) is 3.67. The highest BCUT2D eigenvalue weighted by Crippen LogP contribution is 2.39. The van der Waals surface area contributed by atoms with Gasteiger partial charge in [-0.15, -0.1) is 23.1 Å². The fourth-order valence-corrected chi connectivity index (χ4v) is 7.88. The Morgan fingerprint density at radius 3 is 2.70 bits per heavy atom. The van der Waals surface area contributed by atoms with Crippen molar-refractivity contribution in [2.45, 2.75) is 35.9 Å². The molecule has 1 aliphatic heterocycles. The number of rotatable bonds is 4. The minimum absolute atomic E-state index is 0.189. The van der Waals surface area contributed by atoms with Crippen LogP contribution in [0.3, 0.4) is 0 Å². The molecule has 1 aromatic rings. The molecule has 2 rings (SSSR count). The lowest BCUT2D eigenvalue weighted by Crippen LogP contribution is -2.45. The van der Waals surface area contributed by atoms with Crippen molar-refractivity contribution >= 4 is 55.0 Å². The molecular weight excluding hydrogens is 386 g/mol. The summed E-state index contributed by atoms with van der Waals surface area (Å²) in [4.78, 5) is 11.3. The maximum atomic E-state index is 12.7. The van der Waals surface area contributed by atoms with Crippen LogP contribution in [0.1, 0.15) is 18.9 Å². The van der Waals surface area contributed by atoms with Gasteiger partial charge in [0, 0.05) is 5.75 Å². The smallest absolute Gasteiger partial charge is 0.322 e. The third-order valence-corrected chi connectivity index (χ3v) is 9.13. The van der Waals surface area contributed by atoms with Crippen molar-refractivity contribution in [3.63, 3.8) is 0 Å². The van der Waals surface area contributed by atoms with E-state index in [9.17, 15) is 18.3 Å². The van der Waals surface area contributed by atoms with Crippen LogP contribution in [0, 0.1) is 6.92 Å². The van der Waals surface area contributed by atoms with Gasteiger partial charge in [0.05, 0.1) is 9.16 Å². The molecule has 0 spiro atoms. The van der Waals surface area contributed by atoms with E-state index in [1.54, 1.807) is 6.07 Å². The van der Waals surface area contributed by atoms with Gasteiger partial charge < -0.3 is 5.11 Å². The Bertz CT molecular complexity index is 608. The summed E-state index contributed by atoms with van der Waals surface area (Å²) in [5.41, 5.74) is 0.834. The molecule has 1 aromatic heterocycles. The van der Waals surface area contributed by atoms with Crippen LogP contribution in [0.15, 0.2) is 14.1 Å². The van der Waals surface area contributed by atoms with E-state index in [-0.39, 0.29) is 9.58 Å². The molecule has 0 aliphatic carbocycles. The van der Waals surface area contributed by atoms with Crippen molar-refractivity contribution < 1.29 is 18.3 Å². The molecule has 2 heterocycles. The van der Waals surface area contributed by atoms with E-state index in [0.29, 0.717) is 12.2 Å². The SMILES string of the molecule is CCC1SCC(C(=O)O)N1S(=O)(=O)c1cc(C)c(Br)s1. The molecule has 1 aliphatic rings. The minimum atomic E-state index is -3.78. The standard InChI is InChI=1S/C11H14BrNO4S3/c1-3-8-13(7(5-18-8)11(14)15)20(16,17)9-4-6(2)10(12)19-9/h4,7-8H,3,5H2,1-2H3,(H,14,15). The number of sulfonamides is 1. The van der Waals surface area contributed by atoms with Crippen LogP contribution in [0.4, 0.5) is 0 Å². The van der Waals surface area contributed by atoms with E-state index in [1.165, 1.54) is 11.8 Å². The highest BCUT2D eigenvalue weighted by atomic mass is 79.9. The first-order valence-corrected chi connectivity index (χ1v) is 10.0. The van der Waals surface area contributed by atoms with Crippen molar-refractivity contribution in [3.8, 4) is 0 Å². The van der Waals surface area contributed by atoms with Gasteiger partial charge in [0.1, 0.15) is 10.3 Å². The lowest BCUT2D eigenvalue weighted by Gasteiger charge is -2.24. The molecule has 112 valence electrons. The van der Waals surface area contributed by atoms with Gasteiger partial charge in [0.25, 0.3) is 10.0 Å². The zero-order valence-electron chi connectivity index (χ0n) is 10.9. The molecular formula is C11H14BrNO4S3. The summed E-state index contributed by atoms with van der Waals surface area (Å²) in [5, 5.41) is 8.92. The molecule has 0 radical (unpaired) electrons. The van der Waals surface area contributed by atoms with Gasteiger partial charge in [0.2, 0.25) is 0 Å². The molecule has 1 saturated heterocycles. The fraction of sp³-hybridized carbons (Fsp3) is 0.545. The number of carboxylic acid groups (broad SMARTS) is 1. The van der Waals surface area contributed by atoms with Gasteiger partial charge in [-0.05, 0) is 40.9 Å². The minimum Gasteiger partial charge on any atom is -0.480 e. The predicted molar refractivity (Wildman–Crippen MR) is 83.7 cm³/mol. The molecule has 0 aromatic carbocycles. The number of hydrogen-bond donors (Lipinski definition) is 1. The Labute approximate surface area is 134 Å². The summed E-state index contributed by atoms with van der Waals surface area (Å²) in [7, 11) is -3.78. The number of hydrogen-bond acceptors (Lipinski definition) is 5. The van der Waals surface area contributed by atoms with Crippen molar-refractivity contribution in [1.82, 2.24) is 4.31 Å². The van der Waals surface area contributed by atoms with Crippen LogP contribution in [0.25, 0.3) is 0 Å². The number of carbonyl (C=O) groups is 1. The fourth-order valence-electron chi connectivity index (χ4n) is 2.01. The number of thiophene rings is 1. The Balaban J connectivity index is 2.47. The van der Waals surface area contributed by atoms with Crippen LogP contribution in [-0.4, -0.2) is 41.0 Å². The summed E-state index contributed by atoms with van der Waals surface area (Å²) in [5.74, 6) is -0.803. The Morgan fingerprint density at radius 2 is 2.25 bits per heavy atom. The Kier molecular flexibility index (Phi) is 4.85. The summed E-state index contributed by atoms with van der Waals surface area (Å²) in [6.07, 6.45) is 0.583. The second-order valence-corrected chi connectivity index (χ2v) is 10.1. The van der Waals surface area contributed by atoms with E-state index in [0.717, 1.165) is 25.0 Å². The van der Waals surface area contributed by atoms with E-state index in [1.807, 2.05) is 13.8 Å². The van der Waals surface area contributed by atoms with Crippen LogP contribution >= 0.6 is 39.0 Å². The normalized spacial score (nSPS) is 24.1. The molecule has 2 atom stereocenters. The molecule has 1 fully saturated rings. The first kappa shape index (κ1) is 16.3. The van der Waals surface area contributed by atoms with Gasteiger partial charge in [-0.2, -0.15) is 4.31 Å². The largest absolute Gasteiger partial charge is 0.480 e. The van der Waals surface area contributed by atoms with E-state index < -0.39 is 22.0 Å². The van der Waals surface area contributed by atoms with Crippen LogP contribution in [0.5, 0.6) is 0 Å². The quantitative estimate of drug-likeness (QED) is 0.841. The number of thioether (sulfide) groups is 1. The number of aliphatic carboxylic acids is 1. The van der Waals surface area contributed by atoms with E-state index in [2.05, 4.69) is 15.9 Å². The van der Waals surface area contributed by atoms with Crippen LogP contribution in [0.2, 0.25) is 0 Å². The second kappa shape index (κ2) is 5.96. The van der Waals surface area contributed by atoms with Crippen LogP contribution in [-0.2, 0) is 14.8 Å². The van der Waals surface area contributed by atoms with Crippen molar-refractivity contribution in [2.75, 3.05) is 5.75 Å². The molecule has 9 heteroatoms. The molecule has 1 N–H and O–H groups in total. The molecule has 0 bridgehead atoms. The first-order chi connectivity index (χ1) is 9.28. The average molecular weight is 400 g/mol. The molecule has 2 unspecified atom stereocenters. The van der Waals surface area contributed by atoms with Gasteiger partial charge in [0.15, 0.2) is 0 Å². The Hall–Kier alpha value is -0.0900. The summed E-state index contributed by atoms with van der Waals surface area (Å²) < 4.78 is 27.5. The molecule has 0 amide bonds. The van der Waals surface area contributed by atoms with Gasteiger partial charge in [-0.25, -0.2) is 8.42 Å². The second-order valence-electron chi connectivity index (χ2n) is 4.41. The van der Waals surface area contributed by atoms with E-state index in [4.69, 9.17) is 0 Å². The molecule has 20 heavy (non-hydrogen) atoms. The van der Waals surface area contributed by atoms with E-state index >= 15 is 0 Å². The van der Waals surface area contributed by atoms with Crippen LogP contribution < -0.4 is 0 Å². The Morgan fingerprint density at radius 1 is 1.60 bits per heavy atom. The lowest BCUT2D eigenvalue weighted by molar-refractivity contribution is -0.140. The van der Waals surface area contributed by atoms with Crippen molar-refractivity contribution in [2.24, 2.45) is 0 Å². The zero-order chi connectivity index (χ0) is 15.1. The van der Waals surface area contributed by atoms with Gasteiger partial charge >= 0.3 is 5.97 Å². The maximum absolute atomic E-state index is 12.7. The third kappa shape index (κ3) is 2.78. The third-order valence-electron chi connectivity index (χ3n) is 3.04. The monoisotopic (exact) mass is 399 g/mol. The van der Waals surface area contributed by atoms with Gasteiger partial charge in [-0.1, -0.05) is 6.92 Å². The number of nitrogens with zero attached hydrogens (tertiary/aromatic N) is 1. The number of carboxylic acids is 1. The topological polar surface area (TPSA) is 74.7 Å². The molecule has 0 saturated carbocycles. The van der Waals surface area contributed by atoms with Crippen molar-refractivity contribution in [1.29, 1.82) is 0 Å². The summed E-state index contributed by atoms with van der Waals surface area (Å²) >= 11 is 5.80. The lowest BCUT2D eigenvalue weighted by atomic mass is 10.3. The number of aryl methyl sites for hydroxylation is 1. The first-order valence-electron chi connectivity index (χ1n) is 5.93. The van der Waals surface area contributed by atoms with Crippen molar-refractivity contribution in [3.05, 3.63) is 15.4 Å². The molecule has 5 nitrogen and oxygen atoms in total.